The molecule has 0 aromatic heterocycles. The van der Waals surface area contributed by atoms with E-state index in [9.17, 15) is 14.0 Å². The van der Waals surface area contributed by atoms with Crippen LogP contribution in [0.5, 0.6) is 0 Å². The van der Waals surface area contributed by atoms with E-state index >= 15 is 0 Å². The molecule has 4 rings (SSSR count). The third kappa shape index (κ3) is 4.66. The topological polar surface area (TPSA) is 49.4 Å². The SMILES string of the molecule is O=C(Nc1ccc(CC(=O)N2CCC[C@H]3CCCC[C@@H]32)cc1)c1ccc(F)cc1. The first-order valence-electron chi connectivity index (χ1n) is 10.6. The van der Waals surface area contributed by atoms with Crippen LogP contribution in [0.3, 0.4) is 0 Å². The number of halogens is 1. The molecule has 1 aliphatic carbocycles. The first-order valence-corrected chi connectivity index (χ1v) is 10.6. The maximum absolute atomic E-state index is 13.0. The highest BCUT2D eigenvalue weighted by atomic mass is 19.1. The average molecular weight is 394 g/mol. The molecule has 0 unspecified atom stereocenters. The van der Waals surface area contributed by atoms with Crippen molar-refractivity contribution in [3.8, 4) is 0 Å². The normalized spacial score (nSPS) is 21.3. The minimum atomic E-state index is -0.371. The van der Waals surface area contributed by atoms with Gasteiger partial charge in [-0.15, -0.1) is 0 Å². The van der Waals surface area contributed by atoms with E-state index < -0.39 is 0 Å². The van der Waals surface area contributed by atoms with Gasteiger partial charge in [-0.25, -0.2) is 4.39 Å². The largest absolute Gasteiger partial charge is 0.339 e. The number of anilines is 1. The summed E-state index contributed by atoms with van der Waals surface area (Å²) in [4.78, 5) is 27.3. The molecule has 1 aliphatic heterocycles. The van der Waals surface area contributed by atoms with Gasteiger partial charge in [0.2, 0.25) is 5.91 Å². The monoisotopic (exact) mass is 394 g/mol. The number of nitrogens with zero attached hydrogens (tertiary/aromatic N) is 1. The summed E-state index contributed by atoms with van der Waals surface area (Å²) in [5, 5.41) is 2.80. The lowest BCUT2D eigenvalue weighted by Crippen LogP contribution is -2.50. The number of carbonyl (C=O) groups excluding carboxylic acids is 2. The van der Waals surface area contributed by atoms with E-state index in [1.165, 1.54) is 49.9 Å². The van der Waals surface area contributed by atoms with Gasteiger partial charge in [-0.05, 0) is 73.6 Å². The van der Waals surface area contributed by atoms with E-state index in [0.29, 0.717) is 29.6 Å². The molecule has 2 aromatic rings. The number of hydrogen-bond acceptors (Lipinski definition) is 2. The first-order chi connectivity index (χ1) is 14.1. The number of amides is 2. The van der Waals surface area contributed by atoms with Crippen LogP contribution >= 0.6 is 0 Å². The van der Waals surface area contributed by atoms with Crippen LogP contribution in [0.25, 0.3) is 0 Å². The van der Waals surface area contributed by atoms with Crippen LogP contribution < -0.4 is 5.32 Å². The summed E-state index contributed by atoms with van der Waals surface area (Å²) in [7, 11) is 0. The molecule has 1 heterocycles. The van der Waals surface area contributed by atoms with Gasteiger partial charge in [0.25, 0.3) is 5.91 Å². The van der Waals surface area contributed by atoms with E-state index in [-0.39, 0.29) is 17.6 Å². The van der Waals surface area contributed by atoms with Crippen molar-refractivity contribution in [3.05, 3.63) is 65.5 Å². The van der Waals surface area contributed by atoms with Crippen molar-refractivity contribution < 1.29 is 14.0 Å². The lowest BCUT2D eigenvalue weighted by molar-refractivity contribution is -0.136. The standard InChI is InChI=1S/C24H27FN2O2/c25-20-11-9-19(10-12-20)24(29)26-21-13-7-17(8-14-21)16-23(28)27-15-3-5-18-4-1-2-6-22(18)27/h7-14,18,22H,1-6,15-16H2,(H,26,29)/t18-,22+/m1/s1. The number of carbonyl (C=O) groups is 2. The summed E-state index contributed by atoms with van der Waals surface area (Å²) in [5.41, 5.74) is 2.01. The molecule has 2 atom stereocenters. The van der Waals surface area contributed by atoms with Gasteiger partial charge in [-0.2, -0.15) is 0 Å². The van der Waals surface area contributed by atoms with Crippen molar-refractivity contribution >= 4 is 17.5 Å². The fraction of sp³-hybridized carbons (Fsp3) is 0.417. The zero-order chi connectivity index (χ0) is 20.2. The van der Waals surface area contributed by atoms with Crippen LogP contribution in [-0.4, -0.2) is 29.3 Å². The molecule has 152 valence electrons. The quantitative estimate of drug-likeness (QED) is 0.810. The summed E-state index contributed by atoms with van der Waals surface area (Å²) in [5.74, 6) is 0.240. The van der Waals surface area contributed by atoms with Gasteiger partial charge in [0, 0.05) is 23.8 Å². The molecule has 4 nitrogen and oxygen atoms in total. The van der Waals surface area contributed by atoms with Crippen molar-refractivity contribution in [1.29, 1.82) is 0 Å². The van der Waals surface area contributed by atoms with E-state index in [1.54, 1.807) is 0 Å². The van der Waals surface area contributed by atoms with Crippen molar-refractivity contribution in [3.63, 3.8) is 0 Å². The van der Waals surface area contributed by atoms with Crippen molar-refractivity contribution in [2.45, 2.75) is 51.0 Å². The highest BCUT2D eigenvalue weighted by Gasteiger charge is 2.35. The van der Waals surface area contributed by atoms with Gasteiger partial charge in [0.15, 0.2) is 0 Å². The van der Waals surface area contributed by atoms with Gasteiger partial charge in [-0.3, -0.25) is 9.59 Å². The van der Waals surface area contributed by atoms with E-state index in [0.717, 1.165) is 24.9 Å². The number of rotatable bonds is 4. The number of piperidine rings is 1. The number of benzene rings is 2. The van der Waals surface area contributed by atoms with Gasteiger partial charge >= 0.3 is 0 Å². The number of nitrogens with one attached hydrogen (secondary N) is 1. The summed E-state index contributed by atoms with van der Waals surface area (Å²) in [6.45, 7) is 0.881. The molecular weight excluding hydrogens is 367 g/mol. The zero-order valence-corrected chi connectivity index (χ0v) is 16.6. The third-order valence-corrected chi connectivity index (χ3v) is 6.24. The summed E-state index contributed by atoms with van der Waals surface area (Å²) in [6, 6.07) is 13.3. The molecule has 5 heteroatoms. The second kappa shape index (κ2) is 8.76. The lowest BCUT2D eigenvalue weighted by atomic mass is 9.78. The Morgan fingerprint density at radius 2 is 1.62 bits per heavy atom. The molecule has 0 spiro atoms. The van der Waals surface area contributed by atoms with Crippen molar-refractivity contribution in [1.82, 2.24) is 4.90 Å². The Morgan fingerprint density at radius 3 is 2.38 bits per heavy atom. The highest BCUT2D eigenvalue weighted by molar-refractivity contribution is 6.04. The Hall–Kier alpha value is -2.69. The summed E-state index contributed by atoms with van der Waals surface area (Å²) < 4.78 is 13.0. The second-order valence-electron chi connectivity index (χ2n) is 8.18. The predicted molar refractivity (Wildman–Crippen MR) is 111 cm³/mol. The molecule has 29 heavy (non-hydrogen) atoms. The minimum absolute atomic E-state index is 0.213. The number of likely N-dealkylation sites (tertiary alicyclic amines) is 1. The molecule has 2 fully saturated rings. The van der Waals surface area contributed by atoms with Gasteiger partial charge in [-0.1, -0.05) is 25.0 Å². The molecule has 2 amide bonds. The molecule has 2 aromatic carbocycles. The van der Waals surface area contributed by atoms with E-state index in [2.05, 4.69) is 10.2 Å². The van der Waals surface area contributed by atoms with Crippen LogP contribution in [-0.2, 0) is 11.2 Å². The van der Waals surface area contributed by atoms with Crippen LogP contribution in [0, 0.1) is 11.7 Å². The van der Waals surface area contributed by atoms with Crippen molar-refractivity contribution in [2.75, 3.05) is 11.9 Å². The molecule has 1 N–H and O–H groups in total. The average Bonchev–Trinajstić information content (AvgIpc) is 2.75. The summed E-state index contributed by atoms with van der Waals surface area (Å²) >= 11 is 0. The van der Waals surface area contributed by atoms with Crippen LogP contribution in [0.2, 0.25) is 0 Å². The zero-order valence-electron chi connectivity index (χ0n) is 16.6. The minimum Gasteiger partial charge on any atom is -0.339 e. The smallest absolute Gasteiger partial charge is 0.255 e. The van der Waals surface area contributed by atoms with Crippen LogP contribution in [0.4, 0.5) is 10.1 Å². The van der Waals surface area contributed by atoms with Gasteiger partial charge < -0.3 is 10.2 Å². The lowest BCUT2D eigenvalue weighted by Gasteiger charge is -2.44. The predicted octanol–water partition coefficient (Wildman–Crippen LogP) is 4.80. The molecule has 0 bridgehead atoms. The second-order valence-corrected chi connectivity index (χ2v) is 8.18. The Kier molecular flexibility index (Phi) is 5.93. The highest BCUT2D eigenvalue weighted by Crippen LogP contribution is 2.35. The molecule has 0 radical (unpaired) electrons. The van der Waals surface area contributed by atoms with Crippen LogP contribution in [0.1, 0.15) is 54.4 Å². The molecule has 1 saturated heterocycles. The Balaban J connectivity index is 1.36. The molecule has 2 aliphatic rings. The maximum Gasteiger partial charge on any atom is 0.255 e. The maximum atomic E-state index is 13.0. The molecule has 1 saturated carbocycles. The van der Waals surface area contributed by atoms with Gasteiger partial charge in [0.1, 0.15) is 5.82 Å². The summed E-state index contributed by atoms with van der Waals surface area (Å²) in [6.07, 6.45) is 7.71. The number of fused-ring (bicyclic) bond motifs is 1. The van der Waals surface area contributed by atoms with Gasteiger partial charge in [0.05, 0.1) is 6.42 Å². The third-order valence-electron chi connectivity index (χ3n) is 6.24. The Labute approximate surface area is 171 Å². The van der Waals surface area contributed by atoms with E-state index in [4.69, 9.17) is 0 Å². The first kappa shape index (κ1) is 19.6. The van der Waals surface area contributed by atoms with Crippen molar-refractivity contribution in [2.24, 2.45) is 5.92 Å². The fourth-order valence-corrected chi connectivity index (χ4v) is 4.72. The van der Waals surface area contributed by atoms with Crippen LogP contribution in [0.15, 0.2) is 48.5 Å². The van der Waals surface area contributed by atoms with E-state index in [1.807, 2.05) is 24.3 Å². The Bertz CT molecular complexity index is 861. The molecular formula is C24H27FN2O2. The fourth-order valence-electron chi connectivity index (χ4n) is 4.72. The Morgan fingerprint density at radius 1 is 0.931 bits per heavy atom. The number of hydrogen-bond donors (Lipinski definition) is 1.